The van der Waals surface area contributed by atoms with E-state index in [1.165, 1.54) is 31.3 Å². The van der Waals surface area contributed by atoms with E-state index in [0.29, 0.717) is 12.3 Å². The molecule has 1 N–H and O–H groups in total. The Morgan fingerprint density at radius 1 is 1.11 bits per heavy atom. The average Bonchev–Trinajstić information content (AvgIpc) is 2.69. The molecule has 0 saturated carbocycles. The number of amides is 2. The summed E-state index contributed by atoms with van der Waals surface area (Å²) < 4.78 is 0. The molecule has 27 heavy (non-hydrogen) atoms. The van der Waals surface area contributed by atoms with Crippen LogP contribution in [0.25, 0.3) is 0 Å². The highest BCUT2D eigenvalue weighted by Gasteiger charge is 2.25. The molecule has 0 aromatic heterocycles. The van der Waals surface area contributed by atoms with Crippen LogP contribution in [-0.4, -0.2) is 36.3 Å². The molecule has 4 nitrogen and oxygen atoms in total. The van der Waals surface area contributed by atoms with Gasteiger partial charge >= 0.3 is 0 Å². The Hall–Kier alpha value is -2.10. The summed E-state index contributed by atoms with van der Waals surface area (Å²) in [4.78, 5) is 26.7. The number of carbonyl (C=O) groups is 2. The Bertz CT molecular complexity index is 670. The van der Waals surface area contributed by atoms with Crippen LogP contribution < -0.4 is 5.32 Å². The Kier molecular flexibility index (Phi) is 7.08. The van der Waals surface area contributed by atoms with Gasteiger partial charge in [0.15, 0.2) is 0 Å². The molecule has 0 unspecified atom stereocenters. The Morgan fingerprint density at radius 2 is 1.85 bits per heavy atom. The van der Waals surface area contributed by atoms with E-state index in [0.717, 1.165) is 50.0 Å². The van der Waals surface area contributed by atoms with Crippen molar-refractivity contribution in [2.24, 2.45) is 5.92 Å². The number of allylic oxidation sites excluding steroid dienone is 1. The van der Waals surface area contributed by atoms with E-state index in [1.54, 1.807) is 0 Å². The highest BCUT2D eigenvalue weighted by Crippen LogP contribution is 2.22. The third-order valence-electron chi connectivity index (χ3n) is 5.83. The second kappa shape index (κ2) is 9.72. The molecule has 3 rings (SSSR count). The summed E-state index contributed by atoms with van der Waals surface area (Å²) in [6.07, 6.45) is 10.7. The summed E-state index contributed by atoms with van der Waals surface area (Å²) in [5.74, 6) is 0.661. The molecule has 0 spiro atoms. The van der Waals surface area contributed by atoms with Gasteiger partial charge in [-0.15, -0.1) is 0 Å². The van der Waals surface area contributed by atoms with Crippen LogP contribution in [0.5, 0.6) is 0 Å². The van der Waals surface area contributed by atoms with Crippen molar-refractivity contribution in [2.45, 2.75) is 58.3 Å². The molecule has 146 valence electrons. The topological polar surface area (TPSA) is 49.4 Å². The minimum absolute atomic E-state index is 0.110. The lowest BCUT2D eigenvalue weighted by molar-refractivity contribution is -0.122. The lowest BCUT2D eigenvalue weighted by atomic mass is 9.92. The van der Waals surface area contributed by atoms with Crippen molar-refractivity contribution in [3.63, 3.8) is 0 Å². The number of rotatable bonds is 6. The first-order valence-corrected chi connectivity index (χ1v) is 10.4. The smallest absolute Gasteiger partial charge is 0.253 e. The number of nitrogens with zero attached hydrogens (tertiary/aromatic N) is 1. The van der Waals surface area contributed by atoms with Crippen LogP contribution in [-0.2, 0) is 4.79 Å². The maximum atomic E-state index is 12.6. The first-order valence-electron chi connectivity index (χ1n) is 10.4. The van der Waals surface area contributed by atoms with Gasteiger partial charge < -0.3 is 10.2 Å². The van der Waals surface area contributed by atoms with E-state index < -0.39 is 0 Å². The summed E-state index contributed by atoms with van der Waals surface area (Å²) in [5.41, 5.74) is 3.43. The highest BCUT2D eigenvalue weighted by atomic mass is 16.2. The van der Waals surface area contributed by atoms with Gasteiger partial charge in [0.25, 0.3) is 5.91 Å². The molecule has 4 heteroatoms. The fraction of sp³-hybridized carbons (Fsp3) is 0.565. The van der Waals surface area contributed by atoms with Crippen LogP contribution in [0.1, 0.15) is 67.3 Å². The molecular weight excluding hydrogens is 336 g/mol. The molecule has 0 radical (unpaired) electrons. The van der Waals surface area contributed by atoms with E-state index in [1.807, 2.05) is 36.1 Å². The van der Waals surface area contributed by atoms with E-state index >= 15 is 0 Å². The molecule has 0 atom stereocenters. The second-order valence-corrected chi connectivity index (χ2v) is 8.01. The molecule has 1 saturated heterocycles. The fourth-order valence-electron chi connectivity index (χ4n) is 4.05. The highest BCUT2D eigenvalue weighted by molar-refractivity contribution is 5.94. The van der Waals surface area contributed by atoms with E-state index in [9.17, 15) is 9.59 Å². The van der Waals surface area contributed by atoms with Crippen molar-refractivity contribution in [3.8, 4) is 0 Å². The number of carbonyl (C=O) groups excluding carboxylic acids is 2. The Morgan fingerprint density at radius 3 is 2.52 bits per heavy atom. The molecule has 1 heterocycles. The van der Waals surface area contributed by atoms with Crippen molar-refractivity contribution in [3.05, 3.63) is 47.0 Å². The van der Waals surface area contributed by atoms with Gasteiger partial charge in [0.2, 0.25) is 5.91 Å². The summed E-state index contributed by atoms with van der Waals surface area (Å²) in [6, 6.07) is 7.76. The van der Waals surface area contributed by atoms with Crippen LogP contribution in [0.3, 0.4) is 0 Å². The number of nitrogens with one attached hydrogen (secondary N) is 1. The van der Waals surface area contributed by atoms with Crippen molar-refractivity contribution in [2.75, 3.05) is 19.6 Å². The van der Waals surface area contributed by atoms with Crippen molar-refractivity contribution in [1.29, 1.82) is 0 Å². The van der Waals surface area contributed by atoms with Crippen molar-refractivity contribution < 1.29 is 9.59 Å². The lowest BCUT2D eigenvalue weighted by Crippen LogP contribution is -2.39. The van der Waals surface area contributed by atoms with Crippen LogP contribution in [0.4, 0.5) is 0 Å². The van der Waals surface area contributed by atoms with Crippen LogP contribution in [0, 0.1) is 12.8 Å². The molecule has 2 aliphatic rings. The summed E-state index contributed by atoms with van der Waals surface area (Å²) in [7, 11) is 0. The largest absolute Gasteiger partial charge is 0.356 e. The SMILES string of the molecule is Cc1ccc(C(=O)N2CCC(CC(=O)NCCC3=CCCCC3)CC2)cc1. The number of benzene rings is 1. The predicted molar refractivity (Wildman–Crippen MR) is 109 cm³/mol. The first-order chi connectivity index (χ1) is 13.1. The van der Waals surface area contributed by atoms with E-state index in [4.69, 9.17) is 0 Å². The van der Waals surface area contributed by atoms with E-state index in [2.05, 4.69) is 11.4 Å². The third-order valence-corrected chi connectivity index (χ3v) is 5.83. The van der Waals surface area contributed by atoms with Crippen LogP contribution >= 0.6 is 0 Å². The van der Waals surface area contributed by atoms with Gasteiger partial charge in [0.05, 0.1) is 0 Å². The number of piperidine rings is 1. The molecule has 1 fully saturated rings. The zero-order chi connectivity index (χ0) is 19.1. The van der Waals surface area contributed by atoms with Gasteiger partial charge in [-0.25, -0.2) is 0 Å². The molecule has 2 amide bonds. The summed E-state index contributed by atoms with van der Waals surface area (Å²) >= 11 is 0. The van der Waals surface area contributed by atoms with Crippen LogP contribution in [0.2, 0.25) is 0 Å². The summed E-state index contributed by atoms with van der Waals surface area (Å²) in [5, 5.41) is 3.08. The second-order valence-electron chi connectivity index (χ2n) is 8.01. The monoisotopic (exact) mass is 368 g/mol. The third kappa shape index (κ3) is 5.95. The summed E-state index contributed by atoms with van der Waals surface area (Å²) in [6.45, 7) is 4.28. The molecule has 1 aliphatic carbocycles. The maximum absolute atomic E-state index is 12.6. The lowest BCUT2D eigenvalue weighted by Gasteiger charge is -2.32. The molecule has 0 bridgehead atoms. The van der Waals surface area contributed by atoms with Gasteiger partial charge in [-0.2, -0.15) is 0 Å². The van der Waals surface area contributed by atoms with Gasteiger partial charge in [0, 0.05) is 31.6 Å². The zero-order valence-corrected chi connectivity index (χ0v) is 16.5. The normalized spacial score (nSPS) is 18.1. The molecular formula is C23H32N2O2. The number of hydrogen-bond acceptors (Lipinski definition) is 2. The minimum Gasteiger partial charge on any atom is -0.356 e. The van der Waals surface area contributed by atoms with Gasteiger partial charge in [-0.3, -0.25) is 9.59 Å². The average molecular weight is 369 g/mol. The van der Waals surface area contributed by atoms with E-state index in [-0.39, 0.29) is 11.8 Å². The van der Waals surface area contributed by atoms with Crippen molar-refractivity contribution >= 4 is 11.8 Å². The minimum atomic E-state index is 0.110. The zero-order valence-electron chi connectivity index (χ0n) is 16.5. The molecule has 1 aromatic rings. The van der Waals surface area contributed by atoms with Crippen LogP contribution in [0.15, 0.2) is 35.9 Å². The maximum Gasteiger partial charge on any atom is 0.253 e. The Balaban J connectivity index is 1.36. The molecule has 1 aromatic carbocycles. The standard InChI is InChI=1S/C23H32N2O2/c1-18-7-9-21(10-8-18)23(27)25-15-12-20(13-16-25)17-22(26)24-14-11-19-5-3-2-4-6-19/h5,7-10,20H,2-4,6,11-17H2,1H3,(H,24,26). The Labute approximate surface area is 163 Å². The van der Waals surface area contributed by atoms with Gasteiger partial charge in [-0.05, 0) is 69.9 Å². The van der Waals surface area contributed by atoms with Gasteiger partial charge in [-0.1, -0.05) is 29.3 Å². The number of hydrogen-bond donors (Lipinski definition) is 1. The van der Waals surface area contributed by atoms with Crippen molar-refractivity contribution in [1.82, 2.24) is 10.2 Å². The predicted octanol–water partition coefficient (Wildman–Crippen LogP) is 4.24. The van der Waals surface area contributed by atoms with Gasteiger partial charge in [0.1, 0.15) is 0 Å². The fourth-order valence-corrected chi connectivity index (χ4v) is 4.05. The molecule has 1 aliphatic heterocycles. The number of likely N-dealkylation sites (tertiary alicyclic amines) is 1. The quantitative estimate of drug-likeness (QED) is 0.764. The first kappa shape index (κ1) is 19.7. The number of aryl methyl sites for hydroxylation is 1.